The Morgan fingerprint density at radius 1 is 1.06 bits per heavy atom. The molecule has 0 saturated carbocycles. The molecule has 2 aliphatic heterocycles. The molecule has 0 bridgehead atoms. The van der Waals surface area contributed by atoms with E-state index in [9.17, 15) is 14.4 Å². The molecule has 3 rings (SSSR count). The summed E-state index contributed by atoms with van der Waals surface area (Å²) in [6.07, 6.45) is 1.38. The number of methoxy groups -OCH3 is 1. The van der Waals surface area contributed by atoms with Gasteiger partial charge in [0.05, 0.1) is 19.3 Å². The van der Waals surface area contributed by atoms with E-state index in [1.807, 2.05) is 32.6 Å². The van der Waals surface area contributed by atoms with Crippen LogP contribution in [0.3, 0.4) is 0 Å². The number of amides is 3. The SMILES string of the molecule is COc1cc(C(=O)N2CCC(C(=O)N3CC(C)OC(C)C3)CC2)ccc1OCC(=O)NC(C)C. The third kappa shape index (κ3) is 6.62. The van der Waals surface area contributed by atoms with Gasteiger partial charge in [0.25, 0.3) is 11.8 Å². The van der Waals surface area contributed by atoms with Crippen LogP contribution in [-0.4, -0.2) is 85.7 Å². The van der Waals surface area contributed by atoms with Gasteiger partial charge < -0.3 is 29.3 Å². The van der Waals surface area contributed by atoms with E-state index in [4.69, 9.17) is 14.2 Å². The van der Waals surface area contributed by atoms with Crippen molar-refractivity contribution in [1.82, 2.24) is 15.1 Å². The predicted octanol–water partition coefficient (Wildman–Crippen LogP) is 2.09. The van der Waals surface area contributed by atoms with Gasteiger partial charge in [-0.3, -0.25) is 14.4 Å². The Bertz CT molecular complexity index is 871. The van der Waals surface area contributed by atoms with E-state index in [1.165, 1.54) is 7.11 Å². The minimum absolute atomic E-state index is 0.0263. The normalized spacial score (nSPS) is 21.4. The van der Waals surface area contributed by atoms with Crippen molar-refractivity contribution in [3.8, 4) is 11.5 Å². The number of rotatable bonds is 7. The van der Waals surface area contributed by atoms with Gasteiger partial charge in [-0.1, -0.05) is 0 Å². The minimum Gasteiger partial charge on any atom is -0.493 e. The molecule has 9 heteroatoms. The summed E-state index contributed by atoms with van der Waals surface area (Å²) in [5.74, 6) is 0.556. The van der Waals surface area contributed by atoms with Crippen molar-refractivity contribution < 1.29 is 28.6 Å². The number of hydrogen-bond donors (Lipinski definition) is 1. The third-order valence-electron chi connectivity index (χ3n) is 6.08. The molecule has 0 spiro atoms. The van der Waals surface area contributed by atoms with Crippen molar-refractivity contribution in [3.63, 3.8) is 0 Å². The Kier molecular flexibility index (Phi) is 8.77. The van der Waals surface area contributed by atoms with Gasteiger partial charge in [-0.15, -0.1) is 0 Å². The highest BCUT2D eigenvalue weighted by Crippen LogP contribution is 2.30. The summed E-state index contributed by atoms with van der Waals surface area (Å²) in [4.78, 5) is 41.6. The second kappa shape index (κ2) is 11.6. The lowest BCUT2D eigenvalue weighted by Crippen LogP contribution is -2.51. The molecule has 2 unspecified atom stereocenters. The quantitative estimate of drug-likeness (QED) is 0.649. The van der Waals surface area contributed by atoms with Crippen LogP contribution in [0.1, 0.15) is 50.9 Å². The zero-order valence-corrected chi connectivity index (χ0v) is 20.8. The molecule has 2 heterocycles. The second-order valence-electron chi connectivity index (χ2n) is 9.44. The van der Waals surface area contributed by atoms with E-state index >= 15 is 0 Å². The summed E-state index contributed by atoms with van der Waals surface area (Å²) in [6, 6.07) is 4.98. The number of hydrogen-bond acceptors (Lipinski definition) is 6. The fourth-order valence-electron chi connectivity index (χ4n) is 4.55. The van der Waals surface area contributed by atoms with E-state index in [0.29, 0.717) is 56.1 Å². The fourth-order valence-corrected chi connectivity index (χ4v) is 4.55. The van der Waals surface area contributed by atoms with Gasteiger partial charge in [0.1, 0.15) is 0 Å². The minimum atomic E-state index is -0.226. The van der Waals surface area contributed by atoms with Crippen LogP contribution in [0.4, 0.5) is 0 Å². The maximum atomic E-state index is 13.1. The first kappa shape index (κ1) is 25.8. The van der Waals surface area contributed by atoms with Gasteiger partial charge in [0, 0.05) is 43.7 Å². The predicted molar refractivity (Wildman–Crippen MR) is 127 cm³/mol. The molecule has 9 nitrogen and oxygen atoms in total. The molecule has 3 amide bonds. The van der Waals surface area contributed by atoms with E-state index in [1.54, 1.807) is 23.1 Å². The van der Waals surface area contributed by atoms with Crippen molar-refractivity contribution in [2.45, 2.75) is 58.8 Å². The number of ether oxygens (including phenoxy) is 3. The van der Waals surface area contributed by atoms with Crippen LogP contribution in [0.25, 0.3) is 0 Å². The molecule has 2 fully saturated rings. The van der Waals surface area contributed by atoms with E-state index in [2.05, 4.69) is 5.32 Å². The largest absolute Gasteiger partial charge is 0.493 e. The fraction of sp³-hybridized carbons (Fsp3) is 0.640. The molecule has 34 heavy (non-hydrogen) atoms. The monoisotopic (exact) mass is 475 g/mol. The first-order valence-electron chi connectivity index (χ1n) is 12.0. The van der Waals surface area contributed by atoms with Crippen molar-refractivity contribution in [3.05, 3.63) is 23.8 Å². The van der Waals surface area contributed by atoms with Gasteiger partial charge in [0.2, 0.25) is 5.91 Å². The average Bonchev–Trinajstić information content (AvgIpc) is 2.80. The van der Waals surface area contributed by atoms with Gasteiger partial charge in [-0.2, -0.15) is 0 Å². The summed E-state index contributed by atoms with van der Waals surface area (Å²) in [5.41, 5.74) is 0.483. The van der Waals surface area contributed by atoms with Crippen LogP contribution in [-0.2, 0) is 14.3 Å². The Balaban J connectivity index is 1.56. The van der Waals surface area contributed by atoms with E-state index in [0.717, 1.165) is 0 Å². The van der Waals surface area contributed by atoms with Crippen LogP contribution < -0.4 is 14.8 Å². The first-order chi connectivity index (χ1) is 16.2. The number of nitrogens with one attached hydrogen (secondary N) is 1. The molecular weight excluding hydrogens is 438 g/mol. The summed E-state index contributed by atoms with van der Waals surface area (Å²) in [7, 11) is 1.50. The number of carbonyl (C=O) groups excluding carboxylic acids is 3. The molecule has 0 aliphatic carbocycles. The third-order valence-corrected chi connectivity index (χ3v) is 6.08. The first-order valence-corrected chi connectivity index (χ1v) is 12.0. The highest BCUT2D eigenvalue weighted by molar-refractivity contribution is 5.95. The number of benzene rings is 1. The zero-order valence-electron chi connectivity index (χ0n) is 20.8. The molecule has 2 aliphatic rings. The van der Waals surface area contributed by atoms with Crippen molar-refractivity contribution in [1.29, 1.82) is 0 Å². The average molecular weight is 476 g/mol. The Hall–Kier alpha value is -2.81. The highest BCUT2D eigenvalue weighted by atomic mass is 16.5. The zero-order chi connectivity index (χ0) is 24.8. The van der Waals surface area contributed by atoms with Crippen LogP contribution >= 0.6 is 0 Å². The lowest BCUT2D eigenvalue weighted by molar-refractivity contribution is -0.148. The van der Waals surface area contributed by atoms with Crippen molar-refractivity contribution in [2.24, 2.45) is 5.92 Å². The maximum absolute atomic E-state index is 13.1. The summed E-state index contributed by atoms with van der Waals surface area (Å²) in [6.45, 7) is 9.89. The van der Waals surface area contributed by atoms with Crippen LogP contribution in [0.15, 0.2) is 18.2 Å². The number of carbonyl (C=O) groups is 3. The van der Waals surface area contributed by atoms with Crippen LogP contribution in [0.2, 0.25) is 0 Å². The van der Waals surface area contributed by atoms with E-state index < -0.39 is 0 Å². The number of nitrogens with zero attached hydrogens (tertiary/aromatic N) is 2. The molecule has 0 radical (unpaired) electrons. The molecule has 1 aromatic rings. The lowest BCUT2D eigenvalue weighted by atomic mass is 9.94. The molecule has 2 atom stereocenters. The second-order valence-corrected chi connectivity index (χ2v) is 9.44. The van der Waals surface area contributed by atoms with Crippen molar-refractivity contribution >= 4 is 17.7 Å². The van der Waals surface area contributed by atoms with Gasteiger partial charge in [-0.25, -0.2) is 0 Å². The Labute approximate surface area is 201 Å². The van der Waals surface area contributed by atoms with Crippen LogP contribution in [0, 0.1) is 5.92 Å². The highest BCUT2D eigenvalue weighted by Gasteiger charge is 2.33. The smallest absolute Gasteiger partial charge is 0.258 e. The number of morpholine rings is 1. The summed E-state index contributed by atoms with van der Waals surface area (Å²) >= 11 is 0. The van der Waals surface area contributed by atoms with Gasteiger partial charge >= 0.3 is 0 Å². The topological polar surface area (TPSA) is 97.4 Å². The molecule has 0 aromatic heterocycles. The molecule has 188 valence electrons. The molecule has 1 aromatic carbocycles. The van der Waals surface area contributed by atoms with E-state index in [-0.39, 0.29) is 48.5 Å². The van der Waals surface area contributed by atoms with Gasteiger partial charge in [-0.05, 0) is 58.7 Å². The standard InChI is InChI=1S/C25H37N3O6/c1-16(2)26-23(29)15-33-21-7-6-20(12-22(21)32-5)25(31)27-10-8-19(9-11-27)24(30)28-13-17(3)34-18(4)14-28/h6-7,12,16-19H,8-11,13-15H2,1-5H3,(H,26,29). The van der Waals surface area contributed by atoms with Crippen molar-refractivity contribution in [2.75, 3.05) is 39.9 Å². The molecule has 1 N–H and O–H groups in total. The molecular formula is C25H37N3O6. The summed E-state index contributed by atoms with van der Waals surface area (Å²) < 4.78 is 16.7. The number of likely N-dealkylation sites (tertiary alicyclic amines) is 1. The molecule has 2 saturated heterocycles. The van der Waals surface area contributed by atoms with Crippen LogP contribution in [0.5, 0.6) is 11.5 Å². The lowest BCUT2D eigenvalue weighted by Gasteiger charge is -2.39. The Morgan fingerprint density at radius 3 is 2.29 bits per heavy atom. The van der Waals surface area contributed by atoms with Gasteiger partial charge in [0.15, 0.2) is 18.1 Å². The Morgan fingerprint density at radius 2 is 1.71 bits per heavy atom. The maximum Gasteiger partial charge on any atom is 0.258 e. The number of piperidine rings is 1. The summed E-state index contributed by atoms with van der Waals surface area (Å²) in [5, 5.41) is 2.76.